The number of hydrogen-bond acceptors (Lipinski definition) is 8. The van der Waals surface area contributed by atoms with Gasteiger partial charge >= 0.3 is 0 Å². The first-order valence-corrected chi connectivity index (χ1v) is 10.4. The first kappa shape index (κ1) is 20.9. The van der Waals surface area contributed by atoms with Crippen LogP contribution in [0.1, 0.15) is 6.92 Å². The maximum atomic E-state index is 12.7. The summed E-state index contributed by atoms with van der Waals surface area (Å²) in [6.07, 6.45) is 0. The van der Waals surface area contributed by atoms with E-state index >= 15 is 0 Å². The smallest absolute Gasteiger partial charge is 0.237 e. The largest absolute Gasteiger partial charge is 0.493 e. The van der Waals surface area contributed by atoms with E-state index in [-0.39, 0.29) is 12.7 Å². The van der Waals surface area contributed by atoms with E-state index in [1.807, 2.05) is 36.7 Å². The molecule has 3 aromatic rings. The molecule has 1 aromatic heterocycles. The lowest BCUT2D eigenvalue weighted by atomic mass is 10.2. The Morgan fingerprint density at radius 3 is 2.65 bits per heavy atom. The van der Waals surface area contributed by atoms with Crippen LogP contribution in [-0.2, 0) is 11.8 Å². The summed E-state index contributed by atoms with van der Waals surface area (Å²) in [4.78, 5) is 12.7. The number of amides is 1. The van der Waals surface area contributed by atoms with Gasteiger partial charge in [-0.25, -0.2) is 0 Å². The zero-order valence-electron chi connectivity index (χ0n) is 17.5. The molecular formula is C21H22N4O5S. The van der Waals surface area contributed by atoms with E-state index in [2.05, 4.69) is 15.5 Å². The van der Waals surface area contributed by atoms with E-state index in [1.54, 1.807) is 32.4 Å². The molecule has 1 aliphatic rings. The number of benzene rings is 2. The SMILES string of the molecule is COc1ccc(-c2nnc(S[C@@H](C)C(=O)Nc3ccc4c(c3)OCO4)n2C)cc1OC. The van der Waals surface area contributed by atoms with Crippen molar-refractivity contribution < 1.29 is 23.7 Å². The van der Waals surface area contributed by atoms with Crippen molar-refractivity contribution in [3.05, 3.63) is 36.4 Å². The summed E-state index contributed by atoms with van der Waals surface area (Å²) in [7, 11) is 5.03. The van der Waals surface area contributed by atoms with Crippen molar-refractivity contribution in [1.29, 1.82) is 0 Å². The Bertz CT molecular complexity index is 1120. The predicted octanol–water partition coefficient (Wildman–Crippen LogP) is 3.35. The van der Waals surface area contributed by atoms with Crippen molar-refractivity contribution in [2.75, 3.05) is 26.3 Å². The van der Waals surface area contributed by atoms with Gasteiger partial charge in [-0.15, -0.1) is 10.2 Å². The van der Waals surface area contributed by atoms with Crippen LogP contribution in [0.15, 0.2) is 41.6 Å². The molecule has 2 aromatic carbocycles. The van der Waals surface area contributed by atoms with E-state index in [4.69, 9.17) is 18.9 Å². The van der Waals surface area contributed by atoms with E-state index in [0.717, 1.165) is 5.56 Å². The molecule has 0 unspecified atom stereocenters. The molecule has 1 aliphatic heterocycles. The maximum absolute atomic E-state index is 12.7. The molecule has 1 amide bonds. The molecule has 0 aliphatic carbocycles. The number of carbonyl (C=O) groups excluding carboxylic acids is 1. The van der Waals surface area contributed by atoms with Gasteiger partial charge in [0.25, 0.3) is 0 Å². The minimum atomic E-state index is -0.397. The van der Waals surface area contributed by atoms with Crippen molar-refractivity contribution in [2.45, 2.75) is 17.3 Å². The first-order chi connectivity index (χ1) is 15.0. The number of carbonyl (C=O) groups is 1. The van der Waals surface area contributed by atoms with Gasteiger partial charge in [0.05, 0.1) is 19.5 Å². The molecule has 0 bridgehead atoms. The van der Waals surface area contributed by atoms with Crippen molar-refractivity contribution in [3.8, 4) is 34.4 Å². The highest BCUT2D eigenvalue weighted by molar-refractivity contribution is 8.00. The third-order valence-corrected chi connectivity index (χ3v) is 5.90. The van der Waals surface area contributed by atoms with Crippen LogP contribution < -0.4 is 24.3 Å². The van der Waals surface area contributed by atoms with Crippen LogP contribution in [-0.4, -0.2) is 46.9 Å². The Hall–Kier alpha value is -3.40. The summed E-state index contributed by atoms with van der Waals surface area (Å²) in [5.74, 6) is 3.03. The average Bonchev–Trinajstić information content (AvgIpc) is 3.39. The molecule has 1 atom stereocenters. The van der Waals surface area contributed by atoms with Gasteiger partial charge in [-0.05, 0) is 37.3 Å². The fourth-order valence-corrected chi connectivity index (χ4v) is 3.89. The second kappa shape index (κ2) is 8.76. The summed E-state index contributed by atoms with van der Waals surface area (Å²) < 4.78 is 23.1. The number of methoxy groups -OCH3 is 2. The summed E-state index contributed by atoms with van der Waals surface area (Å²) >= 11 is 1.32. The number of anilines is 1. The Morgan fingerprint density at radius 1 is 1.10 bits per heavy atom. The Kier molecular flexibility index (Phi) is 5.90. The number of nitrogens with one attached hydrogen (secondary N) is 1. The van der Waals surface area contributed by atoms with Crippen LogP contribution >= 0.6 is 11.8 Å². The first-order valence-electron chi connectivity index (χ1n) is 9.49. The van der Waals surface area contributed by atoms with Gasteiger partial charge in [-0.3, -0.25) is 4.79 Å². The van der Waals surface area contributed by atoms with Gasteiger partial charge in [-0.1, -0.05) is 11.8 Å². The highest BCUT2D eigenvalue weighted by Crippen LogP contribution is 2.35. The number of rotatable bonds is 7. The number of thioether (sulfide) groups is 1. The molecule has 2 heterocycles. The molecular weight excluding hydrogens is 420 g/mol. The van der Waals surface area contributed by atoms with E-state index < -0.39 is 5.25 Å². The highest BCUT2D eigenvalue weighted by atomic mass is 32.2. The van der Waals surface area contributed by atoms with E-state index in [0.29, 0.717) is 39.7 Å². The number of fused-ring (bicyclic) bond motifs is 1. The molecule has 10 heteroatoms. The lowest BCUT2D eigenvalue weighted by Crippen LogP contribution is -2.22. The lowest BCUT2D eigenvalue weighted by molar-refractivity contribution is -0.115. The lowest BCUT2D eigenvalue weighted by Gasteiger charge is -2.12. The normalized spacial score (nSPS) is 13.0. The molecule has 0 saturated heterocycles. The molecule has 31 heavy (non-hydrogen) atoms. The summed E-state index contributed by atoms with van der Waals surface area (Å²) in [5.41, 5.74) is 1.47. The van der Waals surface area contributed by atoms with Gasteiger partial charge in [0.15, 0.2) is 34.0 Å². The Morgan fingerprint density at radius 2 is 1.87 bits per heavy atom. The van der Waals surface area contributed by atoms with Crippen LogP contribution in [0, 0.1) is 0 Å². The summed E-state index contributed by atoms with van der Waals surface area (Å²) in [5, 5.41) is 11.7. The standard InChI is InChI=1S/C21H22N4O5S/c1-12(20(26)22-14-6-8-16-18(10-14)30-11-29-16)31-21-24-23-19(25(21)2)13-5-7-15(27-3)17(9-13)28-4/h5-10,12H,11H2,1-4H3,(H,22,26)/t12-/m0/s1. The van der Waals surface area contributed by atoms with Crippen molar-refractivity contribution in [3.63, 3.8) is 0 Å². The topological polar surface area (TPSA) is 96.7 Å². The molecule has 0 radical (unpaired) electrons. The number of hydrogen-bond donors (Lipinski definition) is 1. The molecule has 0 spiro atoms. The molecule has 162 valence electrons. The van der Waals surface area contributed by atoms with Gasteiger partial charge in [-0.2, -0.15) is 0 Å². The third-order valence-electron chi connectivity index (χ3n) is 4.77. The van der Waals surface area contributed by atoms with Crippen LogP contribution in [0.4, 0.5) is 5.69 Å². The Labute approximate surface area is 183 Å². The van der Waals surface area contributed by atoms with Gasteiger partial charge in [0.1, 0.15) is 0 Å². The number of aromatic nitrogens is 3. The Balaban J connectivity index is 1.46. The zero-order valence-corrected chi connectivity index (χ0v) is 18.4. The monoisotopic (exact) mass is 442 g/mol. The second-order valence-corrected chi connectivity index (χ2v) is 8.06. The van der Waals surface area contributed by atoms with Gasteiger partial charge in [0, 0.05) is 24.4 Å². The molecule has 0 fully saturated rings. The second-order valence-electron chi connectivity index (χ2n) is 6.75. The van der Waals surface area contributed by atoms with Crippen LogP contribution in [0.3, 0.4) is 0 Å². The number of nitrogens with zero attached hydrogens (tertiary/aromatic N) is 3. The molecule has 4 rings (SSSR count). The third kappa shape index (κ3) is 4.24. The van der Waals surface area contributed by atoms with Crippen LogP contribution in [0.25, 0.3) is 11.4 Å². The van der Waals surface area contributed by atoms with E-state index in [1.165, 1.54) is 11.8 Å². The minimum absolute atomic E-state index is 0.153. The molecule has 9 nitrogen and oxygen atoms in total. The van der Waals surface area contributed by atoms with Gasteiger partial charge < -0.3 is 28.8 Å². The summed E-state index contributed by atoms with van der Waals surface area (Å²) in [6, 6.07) is 10.8. The van der Waals surface area contributed by atoms with Crippen LogP contribution in [0.2, 0.25) is 0 Å². The average molecular weight is 442 g/mol. The van der Waals surface area contributed by atoms with E-state index in [9.17, 15) is 4.79 Å². The fraction of sp³-hybridized carbons (Fsp3) is 0.286. The predicted molar refractivity (Wildman–Crippen MR) is 116 cm³/mol. The summed E-state index contributed by atoms with van der Waals surface area (Å²) in [6.45, 7) is 2.01. The highest BCUT2D eigenvalue weighted by Gasteiger charge is 2.21. The molecule has 1 N–H and O–H groups in total. The maximum Gasteiger partial charge on any atom is 0.237 e. The van der Waals surface area contributed by atoms with Crippen LogP contribution in [0.5, 0.6) is 23.0 Å². The molecule has 0 saturated carbocycles. The van der Waals surface area contributed by atoms with Crippen molar-refractivity contribution in [2.24, 2.45) is 7.05 Å². The van der Waals surface area contributed by atoms with Crippen molar-refractivity contribution >= 4 is 23.4 Å². The van der Waals surface area contributed by atoms with Crippen molar-refractivity contribution in [1.82, 2.24) is 14.8 Å². The quantitative estimate of drug-likeness (QED) is 0.557. The fourth-order valence-electron chi connectivity index (χ4n) is 3.07. The van der Waals surface area contributed by atoms with Gasteiger partial charge in [0.2, 0.25) is 12.7 Å². The number of ether oxygens (including phenoxy) is 4. The minimum Gasteiger partial charge on any atom is -0.493 e. The zero-order chi connectivity index (χ0) is 22.0.